The van der Waals surface area contributed by atoms with Crippen molar-refractivity contribution < 1.29 is 39.9 Å². The van der Waals surface area contributed by atoms with E-state index in [4.69, 9.17) is 4.74 Å². The van der Waals surface area contributed by atoms with Gasteiger partial charge in [0.05, 0.1) is 18.1 Å². The molecule has 0 saturated carbocycles. The van der Waals surface area contributed by atoms with Gasteiger partial charge in [0.15, 0.2) is 23.3 Å². The van der Waals surface area contributed by atoms with E-state index in [9.17, 15) is 35.2 Å². The van der Waals surface area contributed by atoms with Gasteiger partial charge < -0.3 is 4.74 Å². The van der Waals surface area contributed by atoms with Crippen LogP contribution in [-0.2, 0) is 14.8 Å². The van der Waals surface area contributed by atoms with Crippen LogP contribution in [-0.4, -0.2) is 44.9 Å². The molecule has 168 valence electrons. The Labute approximate surface area is 173 Å². The van der Waals surface area contributed by atoms with Gasteiger partial charge in [0.25, 0.3) is 5.91 Å². The Hall–Kier alpha value is -2.77. The van der Waals surface area contributed by atoms with Crippen molar-refractivity contribution in [3.63, 3.8) is 0 Å². The standard InChI is InChI=1S/C18H16F5N3O4S/c1-9-2-3-10(31(28,29)26-4-6-30-7-5-26)8-11(9)18(27)25-24-17-15(22)13(20)12(19)14(21)16(17)23/h2-3,8,24H,4-7H2,1H3,(H,25,27). The number of nitrogens with one attached hydrogen (secondary N) is 2. The number of carbonyl (C=O) groups is 1. The number of ether oxygens (including phenoxy) is 1. The summed E-state index contributed by atoms with van der Waals surface area (Å²) in [5, 5.41) is 0. The van der Waals surface area contributed by atoms with Gasteiger partial charge in [-0.15, -0.1) is 0 Å². The van der Waals surface area contributed by atoms with Crippen LogP contribution >= 0.6 is 0 Å². The van der Waals surface area contributed by atoms with Crippen LogP contribution in [0.15, 0.2) is 23.1 Å². The van der Waals surface area contributed by atoms with E-state index < -0.39 is 50.7 Å². The number of hydrogen-bond donors (Lipinski definition) is 2. The van der Waals surface area contributed by atoms with Crippen LogP contribution in [0.1, 0.15) is 15.9 Å². The summed E-state index contributed by atoms with van der Waals surface area (Å²) >= 11 is 0. The van der Waals surface area contributed by atoms with Crippen LogP contribution in [0.25, 0.3) is 0 Å². The van der Waals surface area contributed by atoms with Crippen molar-refractivity contribution in [2.75, 3.05) is 31.7 Å². The molecule has 1 fully saturated rings. The van der Waals surface area contributed by atoms with Crippen molar-refractivity contribution in [2.24, 2.45) is 0 Å². The van der Waals surface area contributed by atoms with Crippen LogP contribution in [0.5, 0.6) is 0 Å². The lowest BCUT2D eigenvalue weighted by atomic mass is 10.1. The fourth-order valence-electron chi connectivity index (χ4n) is 2.84. The molecule has 0 bridgehead atoms. The average Bonchev–Trinajstić information content (AvgIpc) is 2.77. The summed E-state index contributed by atoms with van der Waals surface area (Å²) in [6.45, 7) is 2.14. The highest BCUT2D eigenvalue weighted by Gasteiger charge is 2.28. The van der Waals surface area contributed by atoms with E-state index >= 15 is 0 Å². The lowest BCUT2D eigenvalue weighted by Crippen LogP contribution is -2.40. The number of rotatable bonds is 5. The number of aryl methyl sites for hydroxylation is 1. The van der Waals surface area contributed by atoms with E-state index in [0.717, 1.165) is 6.07 Å². The molecule has 1 saturated heterocycles. The Balaban J connectivity index is 1.86. The first kappa shape index (κ1) is 22.9. The second-order valence-corrected chi connectivity index (χ2v) is 8.46. The van der Waals surface area contributed by atoms with E-state index in [0.29, 0.717) is 5.56 Å². The molecule has 13 heteroatoms. The van der Waals surface area contributed by atoms with Crippen LogP contribution in [0.4, 0.5) is 27.6 Å². The Kier molecular flexibility index (Phi) is 6.48. The number of amides is 1. The summed E-state index contributed by atoms with van der Waals surface area (Å²) in [6, 6.07) is 3.69. The highest BCUT2D eigenvalue weighted by atomic mass is 32.2. The van der Waals surface area contributed by atoms with Gasteiger partial charge in [0.2, 0.25) is 15.8 Å². The topological polar surface area (TPSA) is 87.7 Å². The maximum atomic E-state index is 13.7. The van der Waals surface area contributed by atoms with Crippen LogP contribution < -0.4 is 10.9 Å². The van der Waals surface area contributed by atoms with Gasteiger partial charge in [0.1, 0.15) is 5.69 Å². The van der Waals surface area contributed by atoms with Crippen LogP contribution in [0.3, 0.4) is 0 Å². The first-order valence-electron chi connectivity index (χ1n) is 8.82. The molecule has 1 aliphatic rings. The van der Waals surface area contributed by atoms with E-state index in [-0.39, 0.29) is 36.8 Å². The predicted molar refractivity (Wildman–Crippen MR) is 98.1 cm³/mol. The number of nitrogens with zero attached hydrogens (tertiary/aromatic N) is 1. The molecule has 0 atom stereocenters. The molecule has 1 amide bonds. The highest BCUT2D eigenvalue weighted by Crippen LogP contribution is 2.27. The van der Waals surface area contributed by atoms with Gasteiger partial charge in [0, 0.05) is 18.7 Å². The number of halogens is 5. The average molecular weight is 465 g/mol. The zero-order chi connectivity index (χ0) is 22.9. The monoisotopic (exact) mass is 465 g/mol. The third-order valence-corrected chi connectivity index (χ3v) is 6.47. The van der Waals surface area contributed by atoms with Crippen molar-refractivity contribution in [1.29, 1.82) is 0 Å². The third-order valence-electron chi connectivity index (χ3n) is 4.57. The predicted octanol–water partition coefficient (Wildman–Crippen LogP) is 2.47. The fourth-order valence-corrected chi connectivity index (χ4v) is 4.28. The molecule has 31 heavy (non-hydrogen) atoms. The zero-order valence-electron chi connectivity index (χ0n) is 15.9. The Morgan fingerprint density at radius 3 is 2.10 bits per heavy atom. The summed E-state index contributed by atoms with van der Waals surface area (Å²) in [5.74, 6) is -12.1. The van der Waals surface area contributed by atoms with Gasteiger partial charge in [-0.25, -0.2) is 30.4 Å². The molecule has 0 aromatic heterocycles. The zero-order valence-corrected chi connectivity index (χ0v) is 16.8. The van der Waals surface area contributed by atoms with Crippen molar-refractivity contribution in [2.45, 2.75) is 11.8 Å². The number of anilines is 1. The number of hydrazine groups is 1. The first-order valence-corrected chi connectivity index (χ1v) is 10.3. The molecule has 2 aromatic carbocycles. The Bertz CT molecular complexity index is 1110. The molecule has 3 rings (SSSR count). The molecule has 0 spiro atoms. The summed E-state index contributed by atoms with van der Waals surface area (Å²) in [7, 11) is -3.94. The van der Waals surface area contributed by atoms with Crippen LogP contribution in [0, 0.1) is 36.0 Å². The van der Waals surface area contributed by atoms with Gasteiger partial charge in [-0.2, -0.15) is 4.31 Å². The SMILES string of the molecule is Cc1ccc(S(=O)(=O)N2CCOCC2)cc1C(=O)NNc1c(F)c(F)c(F)c(F)c1F. The van der Waals surface area contributed by atoms with Gasteiger partial charge in [-0.05, 0) is 24.6 Å². The molecule has 0 radical (unpaired) electrons. The molecule has 2 N–H and O–H groups in total. The van der Waals surface area contributed by atoms with Gasteiger partial charge in [-0.1, -0.05) is 6.07 Å². The third kappa shape index (κ3) is 4.34. The number of hydrogen-bond acceptors (Lipinski definition) is 5. The highest BCUT2D eigenvalue weighted by molar-refractivity contribution is 7.89. The van der Waals surface area contributed by atoms with Crippen molar-refractivity contribution >= 4 is 21.6 Å². The van der Waals surface area contributed by atoms with Crippen molar-refractivity contribution in [3.8, 4) is 0 Å². The Morgan fingerprint density at radius 1 is 0.968 bits per heavy atom. The molecule has 0 aliphatic carbocycles. The second kappa shape index (κ2) is 8.77. The minimum absolute atomic E-state index is 0.125. The van der Waals surface area contributed by atoms with Gasteiger partial charge >= 0.3 is 0 Å². The summed E-state index contributed by atoms with van der Waals surface area (Å²) in [6.07, 6.45) is 0. The molecular weight excluding hydrogens is 449 g/mol. The largest absolute Gasteiger partial charge is 0.379 e. The summed E-state index contributed by atoms with van der Waals surface area (Å²) in [5.41, 5.74) is 2.14. The van der Waals surface area contributed by atoms with E-state index in [1.165, 1.54) is 23.4 Å². The molecule has 2 aromatic rings. The molecule has 0 unspecified atom stereocenters. The summed E-state index contributed by atoms with van der Waals surface area (Å²) < 4.78 is 98.9. The normalized spacial score (nSPS) is 15.0. The maximum Gasteiger partial charge on any atom is 0.269 e. The van der Waals surface area contributed by atoms with E-state index in [1.54, 1.807) is 5.43 Å². The van der Waals surface area contributed by atoms with Crippen molar-refractivity contribution in [3.05, 3.63) is 58.4 Å². The molecule has 1 aliphatic heterocycles. The lowest BCUT2D eigenvalue weighted by molar-refractivity contribution is 0.0730. The molecule has 1 heterocycles. The van der Waals surface area contributed by atoms with Crippen molar-refractivity contribution in [1.82, 2.24) is 9.73 Å². The minimum Gasteiger partial charge on any atom is -0.379 e. The number of sulfonamides is 1. The molecule has 7 nitrogen and oxygen atoms in total. The second-order valence-electron chi connectivity index (χ2n) is 6.52. The number of morpholine rings is 1. The van der Waals surface area contributed by atoms with Crippen LogP contribution in [0.2, 0.25) is 0 Å². The smallest absolute Gasteiger partial charge is 0.269 e. The lowest BCUT2D eigenvalue weighted by Gasteiger charge is -2.26. The van der Waals surface area contributed by atoms with E-state index in [2.05, 4.69) is 0 Å². The fraction of sp³-hybridized carbons (Fsp3) is 0.278. The van der Waals surface area contributed by atoms with Gasteiger partial charge in [-0.3, -0.25) is 15.6 Å². The first-order chi connectivity index (χ1) is 14.6. The minimum atomic E-state index is -3.94. The number of benzene rings is 2. The summed E-state index contributed by atoms with van der Waals surface area (Å²) in [4.78, 5) is 12.2. The van der Waals surface area contributed by atoms with E-state index in [1.807, 2.05) is 5.43 Å². The Morgan fingerprint density at radius 2 is 1.52 bits per heavy atom. The molecular formula is C18H16F5N3O4S. The number of carbonyl (C=O) groups excluding carboxylic acids is 1. The quantitative estimate of drug-likeness (QED) is 0.307. The maximum absolute atomic E-state index is 13.7.